The van der Waals surface area contributed by atoms with E-state index in [1.807, 2.05) is 24.3 Å². The van der Waals surface area contributed by atoms with Crippen LogP contribution in [0.4, 0.5) is 10.5 Å². The molecule has 7 heteroatoms. The quantitative estimate of drug-likeness (QED) is 0.857. The van der Waals surface area contributed by atoms with Crippen molar-refractivity contribution in [1.82, 2.24) is 9.80 Å². The molecule has 26 heavy (non-hydrogen) atoms. The molecule has 0 aromatic heterocycles. The Labute approximate surface area is 151 Å². The van der Waals surface area contributed by atoms with Crippen molar-refractivity contribution >= 4 is 23.5 Å². The first-order chi connectivity index (χ1) is 12.4. The van der Waals surface area contributed by atoms with Gasteiger partial charge in [0.1, 0.15) is 5.75 Å². The van der Waals surface area contributed by atoms with Crippen LogP contribution in [0.15, 0.2) is 42.5 Å². The van der Waals surface area contributed by atoms with E-state index in [2.05, 4.69) is 5.32 Å². The van der Waals surface area contributed by atoms with Crippen LogP contribution in [-0.2, 0) is 6.54 Å². The van der Waals surface area contributed by atoms with E-state index in [4.69, 9.17) is 4.74 Å². The molecular formula is C19H19N3O4. The third-order valence-corrected chi connectivity index (χ3v) is 4.24. The SMILES string of the molecule is COc1cccc(CN(C)C(=O)Nc2ccc3c(c2)C(=O)N(C)C3=O)c1. The largest absolute Gasteiger partial charge is 0.497 e. The first kappa shape index (κ1) is 17.5. The summed E-state index contributed by atoms with van der Waals surface area (Å²) in [6.07, 6.45) is 0. The molecule has 0 unspecified atom stereocenters. The van der Waals surface area contributed by atoms with Crippen LogP contribution in [-0.4, -0.2) is 48.9 Å². The molecule has 0 fully saturated rings. The molecule has 1 N–H and O–H groups in total. The third kappa shape index (κ3) is 3.23. The van der Waals surface area contributed by atoms with Crippen LogP contribution in [0, 0.1) is 0 Å². The lowest BCUT2D eigenvalue weighted by Crippen LogP contribution is -2.30. The molecular weight excluding hydrogens is 334 g/mol. The molecule has 1 heterocycles. The van der Waals surface area contributed by atoms with Crippen LogP contribution in [0.1, 0.15) is 26.3 Å². The molecule has 2 aromatic rings. The summed E-state index contributed by atoms with van der Waals surface area (Å²) >= 11 is 0. The molecule has 0 aliphatic carbocycles. The topological polar surface area (TPSA) is 79.0 Å². The second-order valence-corrected chi connectivity index (χ2v) is 6.07. The van der Waals surface area contributed by atoms with E-state index in [-0.39, 0.29) is 17.8 Å². The molecule has 4 amide bonds. The lowest BCUT2D eigenvalue weighted by Gasteiger charge is -2.18. The summed E-state index contributed by atoms with van der Waals surface area (Å²) in [7, 11) is 4.70. The Hall–Kier alpha value is -3.35. The average Bonchev–Trinajstić information content (AvgIpc) is 2.86. The summed E-state index contributed by atoms with van der Waals surface area (Å²) in [5, 5.41) is 2.74. The Morgan fingerprint density at radius 3 is 2.58 bits per heavy atom. The summed E-state index contributed by atoms with van der Waals surface area (Å²) in [6, 6.07) is 11.8. The van der Waals surface area contributed by atoms with Gasteiger partial charge in [-0.05, 0) is 35.9 Å². The van der Waals surface area contributed by atoms with Gasteiger partial charge in [-0.15, -0.1) is 0 Å². The number of hydrogen-bond donors (Lipinski definition) is 1. The summed E-state index contributed by atoms with van der Waals surface area (Å²) in [6.45, 7) is 0.397. The van der Waals surface area contributed by atoms with Crippen LogP contribution in [0.3, 0.4) is 0 Å². The molecule has 2 aromatic carbocycles. The van der Waals surface area contributed by atoms with E-state index in [9.17, 15) is 14.4 Å². The zero-order chi connectivity index (χ0) is 18.8. The van der Waals surface area contributed by atoms with Crippen LogP contribution in [0.2, 0.25) is 0 Å². The number of carbonyl (C=O) groups excluding carboxylic acids is 3. The van der Waals surface area contributed by atoms with Crippen molar-refractivity contribution < 1.29 is 19.1 Å². The lowest BCUT2D eigenvalue weighted by atomic mass is 10.1. The van der Waals surface area contributed by atoms with Crippen LogP contribution in [0.5, 0.6) is 5.75 Å². The van der Waals surface area contributed by atoms with E-state index < -0.39 is 0 Å². The fourth-order valence-electron chi connectivity index (χ4n) is 2.77. The molecule has 0 atom stereocenters. The van der Waals surface area contributed by atoms with Gasteiger partial charge in [0.2, 0.25) is 0 Å². The van der Waals surface area contributed by atoms with E-state index in [1.165, 1.54) is 18.0 Å². The fourth-order valence-corrected chi connectivity index (χ4v) is 2.77. The van der Waals surface area contributed by atoms with Crippen molar-refractivity contribution in [2.45, 2.75) is 6.54 Å². The Bertz CT molecular complexity index is 894. The van der Waals surface area contributed by atoms with E-state index >= 15 is 0 Å². The van der Waals surface area contributed by atoms with Crippen molar-refractivity contribution in [3.8, 4) is 5.75 Å². The van der Waals surface area contributed by atoms with Gasteiger partial charge >= 0.3 is 6.03 Å². The van der Waals surface area contributed by atoms with Gasteiger partial charge in [-0.2, -0.15) is 0 Å². The highest BCUT2D eigenvalue weighted by molar-refractivity contribution is 6.21. The first-order valence-electron chi connectivity index (χ1n) is 8.02. The Morgan fingerprint density at radius 2 is 1.85 bits per heavy atom. The Kier molecular flexibility index (Phi) is 4.62. The number of fused-ring (bicyclic) bond motifs is 1. The second-order valence-electron chi connectivity index (χ2n) is 6.07. The fraction of sp³-hybridized carbons (Fsp3) is 0.211. The third-order valence-electron chi connectivity index (χ3n) is 4.24. The summed E-state index contributed by atoms with van der Waals surface area (Å²) in [5.41, 5.74) is 2.03. The van der Waals surface area contributed by atoms with Crippen LogP contribution < -0.4 is 10.1 Å². The zero-order valence-corrected chi connectivity index (χ0v) is 14.8. The second kappa shape index (κ2) is 6.87. The van der Waals surface area contributed by atoms with Crippen molar-refractivity contribution in [1.29, 1.82) is 0 Å². The van der Waals surface area contributed by atoms with Crippen molar-refractivity contribution in [2.24, 2.45) is 0 Å². The number of nitrogens with one attached hydrogen (secondary N) is 1. The maximum absolute atomic E-state index is 12.4. The minimum Gasteiger partial charge on any atom is -0.497 e. The number of carbonyl (C=O) groups is 3. The van der Waals surface area contributed by atoms with Gasteiger partial charge in [0.25, 0.3) is 11.8 Å². The summed E-state index contributed by atoms with van der Waals surface area (Å²) in [4.78, 5) is 38.9. The van der Waals surface area contributed by atoms with Crippen molar-refractivity contribution in [3.63, 3.8) is 0 Å². The van der Waals surface area contributed by atoms with E-state index in [1.54, 1.807) is 26.3 Å². The predicted molar refractivity (Wildman–Crippen MR) is 96.3 cm³/mol. The average molecular weight is 353 g/mol. The molecule has 0 saturated carbocycles. The highest BCUT2D eigenvalue weighted by Gasteiger charge is 2.32. The highest BCUT2D eigenvalue weighted by Crippen LogP contribution is 2.25. The number of benzene rings is 2. The normalized spacial score (nSPS) is 12.8. The van der Waals surface area contributed by atoms with E-state index in [0.717, 1.165) is 16.2 Å². The molecule has 1 aliphatic rings. The molecule has 0 saturated heterocycles. The number of nitrogens with zero attached hydrogens (tertiary/aromatic N) is 2. The molecule has 134 valence electrons. The summed E-state index contributed by atoms with van der Waals surface area (Å²) in [5.74, 6) is 0.0195. The van der Waals surface area contributed by atoms with Crippen LogP contribution in [0.25, 0.3) is 0 Å². The number of anilines is 1. The highest BCUT2D eigenvalue weighted by atomic mass is 16.5. The van der Waals surface area contributed by atoms with Gasteiger partial charge in [-0.25, -0.2) is 4.79 Å². The molecule has 0 spiro atoms. The van der Waals surface area contributed by atoms with Gasteiger partial charge in [0.05, 0.1) is 18.2 Å². The number of ether oxygens (including phenoxy) is 1. The van der Waals surface area contributed by atoms with Gasteiger partial charge in [-0.1, -0.05) is 12.1 Å². The molecule has 0 radical (unpaired) electrons. The molecule has 0 bridgehead atoms. The van der Waals surface area contributed by atoms with E-state index in [0.29, 0.717) is 23.4 Å². The minimum absolute atomic E-state index is 0.297. The molecule has 1 aliphatic heterocycles. The summed E-state index contributed by atoms with van der Waals surface area (Å²) < 4.78 is 5.18. The van der Waals surface area contributed by atoms with Gasteiger partial charge in [-0.3, -0.25) is 14.5 Å². The van der Waals surface area contributed by atoms with Gasteiger partial charge < -0.3 is 15.0 Å². The van der Waals surface area contributed by atoms with Gasteiger partial charge in [0.15, 0.2) is 0 Å². The van der Waals surface area contributed by atoms with Crippen molar-refractivity contribution in [3.05, 3.63) is 59.2 Å². The lowest BCUT2D eigenvalue weighted by molar-refractivity contribution is 0.0693. The maximum atomic E-state index is 12.4. The standard InChI is InChI=1S/C19H19N3O4/c1-21(11-12-5-4-6-14(9-12)26-3)19(25)20-13-7-8-15-16(10-13)18(24)22(2)17(15)23/h4-10H,11H2,1-3H3,(H,20,25). The molecule has 3 rings (SSSR count). The number of hydrogen-bond acceptors (Lipinski definition) is 4. The number of urea groups is 1. The maximum Gasteiger partial charge on any atom is 0.321 e. The smallest absolute Gasteiger partial charge is 0.321 e. The minimum atomic E-state index is -0.370. The number of methoxy groups -OCH3 is 1. The predicted octanol–water partition coefficient (Wildman–Crippen LogP) is 2.58. The van der Waals surface area contributed by atoms with Crippen molar-refractivity contribution in [2.75, 3.05) is 26.5 Å². The monoisotopic (exact) mass is 353 g/mol. The Morgan fingerprint density at radius 1 is 1.12 bits per heavy atom. The first-order valence-corrected chi connectivity index (χ1v) is 8.02. The number of imide groups is 1. The number of rotatable bonds is 4. The Balaban J connectivity index is 1.70. The number of amides is 4. The zero-order valence-electron chi connectivity index (χ0n) is 14.8. The van der Waals surface area contributed by atoms with Crippen LogP contribution >= 0.6 is 0 Å². The van der Waals surface area contributed by atoms with Gasteiger partial charge in [0, 0.05) is 26.3 Å². The molecule has 7 nitrogen and oxygen atoms in total.